The van der Waals surface area contributed by atoms with Crippen LogP contribution in [-0.2, 0) is 21.6 Å². The summed E-state index contributed by atoms with van der Waals surface area (Å²) in [6.07, 6.45) is 2.93. The Bertz CT molecular complexity index is 1870. The minimum Gasteiger partial charge on any atom is -0.465 e. The molecule has 4 aliphatic rings. The SMILES string of the molecule is COC(=O)c1ccc2nc3n(c2c1C)CC[C@H]1[C@@H]3[C@H](c2cccc(Cl)c2F)[C@]2(C(=O)Nc3cc(Cl)ccc32)N1CC1CC1. The molecule has 8 rings (SSSR count). The highest BCUT2D eigenvalue weighted by Crippen LogP contribution is 2.64. The fourth-order valence-corrected chi connectivity index (χ4v) is 8.54. The highest BCUT2D eigenvalue weighted by molar-refractivity contribution is 6.31. The van der Waals surface area contributed by atoms with Crippen molar-refractivity contribution in [3.05, 3.63) is 92.5 Å². The van der Waals surface area contributed by atoms with Gasteiger partial charge in [0.1, 0.15) is 17.2 Å². The van der Waals surface area contributed by atoms with E-state index in [1.54, 1.807) is 30.3 Å². The molecule has 0 unspecified atom stereocenters. The van der Waals surface area contributed by atoms with Crippen LogP contribution in [0.3, 0.4) is 0 Å². The van der Waals surface area contributed by atoms with Crippen LogP contribution >= 0.6 is 23.2 Å². The molecule has 3 aromatic carbocycles. The molecule has 4 heterocycles. The number of esters is 1. The van der Waals surface area contributed by atoms with E-state index in [4.69, 9.17) is 32.9 Å². The molecule has 4 atom stereocenters. The number of nitrogens with zero attached hydrogens (tertiary/aromatic N) is 3. The summed E-state index contributed by atoms with van der Waals surface area (Å²) in [6.45, 7) is 3.28. The Morgan fingerprint density at radius 3 is 2.74 bits per heavy atom. The summed E-state index contributed by atoms with van der Waals surface area (Å²) in [5, 5.41) is 3.66. The van der Waals surface area contributed by atoms with Crippen molar-refractivity contribution >= 4 is 51.8 Å². The van der Waals surface area contributed by atoms with E-state index in [2.05, 4.69) is 14.8 Å². The molecule has 1 aromatic heterocycles. The van der Waals surface area contributed by atoms with E-state index in [0.29, 0.717) is 34.3 Å². The molecule has 43 heavy (non-hydrogen) atoms. The molecule has 1 saturated heterocycles. The number of methoxy groups -OCH3 is 1. The van der Waals surface area contributed by atoms with Crippen LogP contribution in [-0.4, -0.2) is 46.0 Å². The summed E-state index contributed by atoms with van der Waals surface area (Å²) >= 11 is 12.8. The standard InChI is InChI=1S/C33H29Cl2FN4O3/c1-16-19(31(41)43-2)9-11-23-29(16)39-13-12-25-26(30(39)37-23)27(20-4-3-5-22(35)28(20)36)33(40(25)15-17-6-7-17)21-10-8-18(34)14-24(21)38-32(33)42/h3-5,8-11,14,17,25-27H,6-7,12-13,15H2,1-2H3,(H,38,42)/t25-,26+,27-,33+/m0/s1. The number of hydrogen-bond donors (Lipinski definition) is 1. The van der Waals surface area contributed by atoms with Crippen molar-refractivity contribution in [1.82, 2.24) is 14.5 Å². The molecule has 220 valence electrons. The molecule has 1 aliphatic carbocycles. The second kappa shape index (κ2) is 9.52. The minimum atomic E-state index is -1.19. The average molecular weight is 620 g/mol. The monoisotopic (exact) mass is 618 g/mol. The predicted molar refractivity (Wildman–Crippen MR) is 162 cm³/mol. The number of halogens is 3. The molecule has 7 nitrogen and oxygen atoms in total. The van der Waals surface area contributed by atoms with Gasteiger partial charge in [-0.2, -0.15) is 0 Å². The number of fused-ring (bicyclic) bond motifs is 7. The minimum absolute atomic E-state index is 0.0162. The first-order chi connectivity index (χ1) is 20.7. The number of aryl methyl sites for hydroxylation is 2. The number of imidazole rings is 1. The van der Waals surface area contributed by atoms with Crippen LogP contribution in [0.1, 0.15) is 64.0 Å². The third kappa shape index (κ3) is 3.66. The average Bonchev–Trinajstić information content (AvgIpc) is 3.57. The summed E-state index contributed by atoms with van der Waals surface area (Å²) in [7, 11) is 1.37. The van der Waals surface area contributed by atoms with Crippen molar-refractivity contribution in [3.8, 4) is 0 Å². The Kier molecular flexibility index (Phi) is 6.00. The maximum atomic E-state index is 16.3. The summed E-state index contributed by atoms with van der Waals surface area (Å²) in [6, 6.07) is 14.0. The maximum Gasteiger partial charge on any atom is 0.338 e. The number of benzene rings is 3. The molecule has 0 radical (unpaired) electrons. The van der Waals surface area contributed by atoms with E-state index in [0.717, 1.165) is 53.8 Å². The molecule has 3 aliphatic heterocycles. The van der Waals surface area contributed by atoms with Gasteiger partial charge in [-0.05, 0) is 73.6 Å². The number of likely N-dealkylation sites (tertiary alicyclic amines) is 1. The first-order valence-corrected chi connectivity index (χ1v) is 15.4. The molecule has 2 fully saturated rings. The van der Waals surface area contributed by atoms with Crippen molar-refractivity contribution in [3.63, 3.8) is 0 Å². The fourth-order valence-electron chi connectivity index (χ4n) is 8.18. The van der Waals surface area contributed by atoms with Crippen LogP contribution in [0.15, 0.2) is 48.5 Å². The van der Waals surface area contributed by atoms with Crippen LogP contribution in [0, 0.1) is 18.7 Å². The highest BCUT2D eigenvalue weighted by atomic mass is 35.5. The fraction of sp³-hybridized carbons (Fsp3) is 0.364. The van der Waals surface area contributed by atoms with Gasteiger partial charge in [-0.15, -0.1) is 0 Å². The zero-order valence-corrected chi connectivity index (χ0v) is 25.2. The van der Waals surface area contributed by atoms with Crippen molar-refractivity contribution in [2.75, 3.05) is 19.0 Å². The van der Waals surface area contributed by atoms with Gasteiger partial charge in [0, 0.05) is 47.2 Å². The molecule has 0 bridgehead atoms. The van der Waals surface area contributed by atoms with E-state index in [1.165, 1.54) is 13.2 Å². The topological polar surface area (TPSA) is 76.5 Å². The number of carbonyl (C=O) groups is 2. The van der Waals surface area contributed by atoms with Gasteiger partial charge >= 0.3 is 5.97 Å². The lowest BCUT2D eigenvalue weighted by Gasteiger charge is -2.40. The third-order valence-corrected chi connectivity index (χ3v) is 10.6. The van der Waals surface area contributed by atoms with Gasteiger partial charge in [-0.3, -0.25) is 9.69 Å². The molecule has 1 spiro atoms. The summed E-state index contributed by atoms with van der Waals surface area (Å²) in [4.78, 5) is 34.7. The molecule has 1 saturated carbocycles. The lowest BCUT2D eigenvalue weighted by molar-refractivity contribution is -0.128. The summed E-state index contributed by atoms with van der Waals surface area (Å²) in [5.41, 5.74) is 3.53. The Morgan fingerprint density at radius 2 is 1.98 bits per heavy atom. The van der Waals surface area contributed by atoms with E-state index >= 15 is 4.39 Å². The highest BCUT2D eigenvalue weighted by Gasteiger charge is 2.69. The molecule has 1 N–H and O–H groups in total. The Balaban J connectivity index is 1.43. The van der Waals surface area contributed by atoms with Gasteiger partial charge in [-0.25, -0.2) is 14.2 Å². The number of aromatic nitrogens is 2. The Hall–Kier alpha value is -3.46. The largest absolute Gasteiger partial charge is 0.465 e. The lowest BCUT2D eigenvalue weighted by atomic mass is 9.70. The van der Waals surface area contributed by atoms with E-state index in [-0.39, 0.29) is 22.9 Å². The third-order valence-electron chi connectivity index (χ3n) is 10.1. The maximum absolute atomic E-state index is 16.3. The lowest BCUT2D eigenvalue weighted by Crippen LogP contribution is -2.53. The smallest absolute Gasteiger partial charge is 0.338 e. The zero-order valence-electron chi connectivity index (χ0n) is 23.7. The Labute approximate surface area is 257 Å². The van der Waals surface area contributed by atoms with Gasteiger partial charge in [-0.1, -0.05) is 41.4 Å². The number of ether oxygens (including phenoxy) is 1. The van der Waals surface area contributed by atoms with E-state index in [9.17, 15) is 9.59 Å². The van der Waals surface area contributed by atoms with Crippen LogP contribution in [0.25, 0.3) is 11.0 Å². The van der Waals surface area contributed by atoms with Gasteiger partial charge < -0.3 is 14.6 Å². The number of hydrogen-bond acceptors (Lipinski definition) is 5. The first-order valence-electron chi connectivity index (χ1n) is 14.7. The molecular weight excluding hydrogens is 590 g/mol. The summed E-state index contributed by atoms with van der Waals surface area (Å²) < 4.78 is 23.5. The van der Waals surface area contributed by atoms with Crippen molar-refractivity contribution in [2.45, 2.75) is 56.1 Å². The van der Waals surface area contributed by atoms with Crippen LogP contribution in [0.4, 0.5) is 10.1 Å². The number of carbonyl (C=O) groups excluding carboxylic acids is 2. The van der Waals surface area contributed by atoms with Gasteiger partial charge in [0.15, 0.2) is 0 Å². The van der Waals surface area contributed by atoms with Crippen LogP contribution in [0.5, 0.6) is 0 Å². The van der Waals surface area contributed by atoms with E-state index < -0.39 is 23.2 Å². The van der Waals surface area contributed by atoms with Gasteiger partial charge in [0.25, 0.3) is 0 Å². The number of anilines is 1. The van der Waals surface area contributed by atoms with Crippen molar-refractivity contribution in [1.29, 1.82) is 0 Å². The molecule has 1 amide bonds. The Morgan fingerprint density at radius 1 is 1.16 bits per heavy atom. The second-order valence-corrected chi connectivity index (χ2v) is 13.1. The zero-order chi connectivity index (χ0) is 29.8. The van der Waals surface area contributed by atoms with Crippen LogP contribution in [0.2, 0.25) is 10.0 Å². The molecule has 10 heteroatoms. The van der Waals surface area contributed by atoms with Crippen molar-refractivity contribution < 1.29 is 18.7 Å². The first kappa shape index (κ1) is 27.1. The number of nitrogens with one attached hydrogen (secondary N) is 1. The van der Waals surface area contributed by atoms with Gasteiger partial charge in [0.05, 0.1) is 28.7 Å². The van der Waals surface area contributed by atoms with E-state index in [1.807, 2.05) is 19.1 Å². The van der Waals surface area contributed by atoms with Crippen LogP contribution < -0.4 is 5.32 Å². The molecular formula is C33H29Cl2FN4O3. The second-order valence-electron chi connectivity index (χ2n) is 12.2. The van der Waals surface area contributed by atoms with Crippen molar-refractivity contribution in [2.24, 2.45) is 5.92 Å². The normalized spacial score (nSPS) is 26.0. The predicted octanol–water partition coefficient (Wildman–Crippen LogP) is 6.79. The number of amides is 1. The molecule has 4 aromatic rings. The summed E-state index contributed by atoms with van der Waals surface area (Å²) in [5.74, 6) is -0.821. The van der Waals surface area contributed by atoms with Gasteiger partial charge in [0.2, 0.25) is 5.91 Å². The number of rotatable bonds is 4. The quantitative estimate of drug-likeness (QED) is 0.255.